The lowest BCUT2D eigenvalue weighted by Crippen LogP contribution is -2.06. The Labute approximate surface area is 201 Å². The molecule has 3 aromatic rings. The third kappa shape index (κ3) is 7.30. The van der Waals surface area contributed by atoms with Gasteiger partial charge in [0.05, 0.1) is 16.3 Å². The van der Waals surface area contributed by atoms with Crippen molar-refractivity contribution in [2.45, 2.75) is 71.1 Å². The van der Waals surface area contributed by atoms with Gasteiger partial charge in [0.15, 0.2) is 0 Å². The Morgan fingerprint density at radius 2 is 1.53 bits per heavy atom. The molecule has 180 valence electrons. The minimum absolute atomic E-state index is 0.0381. The van der Waals surface area contributed by atoms with Crippen molar-refractivity contribution in [3.05, 3.63) is 76.3 Å². The zero-order valence-electron chi connectivity index (χ0n) is 20.0. The van der Waals surface area contributed by atoms with Gasteiger partial charge in [0.25, 0.3) is 5.69 Å². The van der Waals surface area contributed by atoms with Crippen molar-refractivity contribution >= 4 is 27.9 Å². The number of nitro benzene ring substituents is 1. The number of hydrogen-bond donors (Lipinski definition) is 2. The molecule has 6 nitrogen and oxygen atoms in total. The van der Waals surface area contributed by atoms with E-state index in [0.29, 0.717) is 5.69 Å². The summed E-state index contributed by atoms with van der Waals surface area (Å²) in [6.07, 6.45) is 11.9. The van der Waals surface area contributed by atoms with Gasteiger partial charge in [0.1, 0.15) is 5.75 Å². The van der Waals surface area contributed by atoms with Crippen LogP contribution in [-0.2, 0) is 0 Å². The first-order valence-electron chi connectivity index (χ1n) is 12.4. The molecule has 0 unspecified atom stereocenters. The largest absolute Gasteiger partial charge is 0.507 e. The van der Waals surface area contributed by atoms with Crippen molar-refractivity contribution in [3.8, 4) is 5.75 Å². The topological polar surface area (TPSA) is 87.8 Å². The molecule has 3 aromatic carbocycles. The zero-order valence-corrected chi connectivity index (χ0v) is 20.0. The normalized spacial score (nSPS) is 11.6. The van der Waals surface area contributed by atoms with Crippen LogP contribution in [0.2, 0.25) is 0 Å². The van der Waals surface area contributed by atoms with Gasteiger partial charge in [-0.15, -0.1) is 0 Å². The highest BCUT2D eigenvalue weighted by molar-refractivity contribution is 6.13. The van der Waals surface area contributed by atoms with Gasteiger partial charge in [0.2, 0.25) is 0 Å². The average Bonchev–Trinajstić information content (AvgIpc) is 2.85. The Morgan fingerprint density at radius 3 is 2.21 bits per heavy atom. The fraction of sp³-hybridized carbons (Fsp3) is 0.393. The summed E-state index contributed by atoms with van der Waals surface area (Å²) < 4.78 is 0. The quantitative estimate of drug-likeness (QED) is 0.110. The Bertz CT molecular complexity index is 1090. The van der Waals surface area contributed by atoms with Gasteiger partial charge >= 0.3 is 0 Å². The number of nitrogens with zero attached hydrogens (tertiary/aromatic N) is 2. The van der Waals surface area contributed by atoms with E-state index < -0.39 is 4.92 Å². The third-order valence-corrected chi connectivity index (χ3v) is 6.11. The number of unbranched alkanes of at least 4 members (excludes halogenated alkanes) is 8. The number of hydrazone groups is 1. The van der Waals surface area contributed by atoms with Gasteiger partial charge in [0, 0.05) is 17.7 Å². The van der Waals surface area contributed by atoms with Crippen LogP contribution in [-0.4, -0.2) is 15.7 Å². The Kier molecular flexibility index (Phi) is 9.89. The van der Waals surface area contributed by atoms with Crippen molar-refractivity contribution in [1.29, 1.82) is 0 Å². The van der Waals surface area contributed by atoms with Crippen molar-refractivity contribution in [1.82, 2.24) is 0 Å². The predicted octanol–water partition coefficient (Wildman–Crippen LogP) is 8.19. The number of phenolic OH excluding ortho intramolecular Hbond substituents is 1. The van der Waals surface area contributed by atoms with E-state index in [1.54, 1.807) is 18.2 Å². The highest BCUT2D eigenvalue weighted by Crippen LogP contribution is 2.30. The maximum Gasteiger partial charge on any atom is 0.269 e. The number of non-ortho nitro benzene ring substituents is 1. The first kappa shape index (κ1) is 25.2. The number of aromatic hydroxyl groups is 1. The lowest BCUT2D eigenvalue weighted by atomic mass is 9.96. The summed E-state index contributed by atoms with van der Waals surface area (Å²) in [6, 6.07) is 17.8. The fourth-order valence-corrected chi connectivity index (χ4v) is 4.19. The molecule has 0 saturated heterocycles. The van der Waals surface area contributed by atoms with E-state index in [0.717, 1.165) is 41.3 Å². The summed E-state index contributed by atoms with van der Waals surface area (Å²) in [6.45, 7) is 2.24. The molecule has 0 amide bonds. The number of nitro groups is 1. The molecule has 6 heteroatoms. The molecular weight excluding hydrogens is 426 g/mol. The van der Waals surface area contributed by atoms with E-state index in [9.17, 15) is 15.2 Å². The van der Waals surface area contributed by atoms with Gasteiger partial charge in [-0.1, -0.05) is 88.6 Å². The Balaban J connectivity index is 1.71. The number of hydrogen-bond acceptors (Lipinski definition) is 5. The van der Waals surface area contributed by atoms with E-state index in [4.69, 9.17) is 0 Å². The van der Waals surface area contributed by atoms with Crippen LogP contribution in [0.25, 0.3) is 10.8 Å². The molecule has 34 heavy (non-hydrogen) atoms. The van der Waals surface area contributed by atoms with Crippen LogP contribution in [0.5, 0.6) is 5.75 Å². The zero-order chi connectivity index (χ0) is 24.2. The first-order valence-corrected chi connectivity index (χ1v) is 12.4. The summed E-state index contributed by atoms with van der Waals surface area (Å²) in [5.74, 6) is 0.207. The lowest BCUT2D eigenvalue weighted by Gasteiger charge is -2.13. The van der Waals surface area contributed by atoms with E-state index >= 15 is 0 Å². The standard InChI is InChI=1S/C28H35N3O3/c1-2-3-4-5-6-7-8-9-10-15-26(30-29-23-17-19-24(20-18-23)31(33)34)28-25-14-12-11-13-22(25)16-21-27(28)32/h11-14,16-21,29,32H,2-10,15H2,1H3/b30-26-. The van der Waals surface area contributed by atoms with Crippen LogP contribution in [0, 0.1) is 10.1 Å². The van der Waals surface area contributed by atoms with Crippen LogP contribution < -0.4 is 5.43 Å². The minimum Gasteiger partial charge on any atom is -0.507 e. The van der Waals surface area contributed by atoms with Crippen molar-refractivity contribution in [2.75, 3.05) is 5.43 Å². The fourth-order valence-electron chi connectivity index (χ4n) is 4.19. The summed E-state index contributed by atoms with van der Waals surface area (Å²) in [4.78, 5) is 10.5. The lowest BCUT2D eigenvalue weighted by molar-refractivity contribution is -0.384. The van der Waals surface area contributed by atoms with E-state index in [2.05, 4.69) is 17.5 Å². The molecule has 0 heterocycles. The molecule has 0 aliphatic heterocycles. The Hall–Kier alpha value is -3.41. The molecule has 0 atom stereocenters. The molecule has 0 aliphatic rings. The highest BCUT2D eigenvalue weighted by atomic mass is 16.6. The molecular formula is C28H35N3O3. The number of anilines is 1. The third-order valence-electron chi connectivity index (χ3n) is 6.11. The number of benzene rings is 3. The van der Waals surface area contributed by atoms with Crippen LogP contribution in [0.4, 0.5) is 11.4 Å². The van der Waals surface area contributed by atoms with Crippen LogP contribution >= 0.6 is 0 Å². The van der Waals surface area contributed by atoms with Crippen molar-refractivity contribution < 1.29 is 10.0 Å². The molecule has 2 N–H and O–H groups in total. The van der Waals surface area contributed by atoms with Gasteiger partial charge in [-0.3, -0.25) is 15.5 Å². The van der Waals surface area contributed by atoms with Crippen LogP contribution in [0.15, 0.2) is 65.8 Å². The van der Waals surface area contributed by atoms with E-state index in [1.807, 2.05) is 30.3 Å². The van der Waals surface area contributed by atoms with Crippen molar-refractivity contribution in [3.63, 3.8) is 0 Å². The van der Waals surface area contributed by atoms with E-state index in [1.165, 1.54) is 57.1 Å². The van der Waals surface area contributed by atoms with Crippen molar-refractivity contribution in [2.24, 2.45) is 5.10 Å². The van der Waals surface area contributed by atoms with Gasteiger partial charge in [-0.05, 0) is 41.8 Å². The van der Waals surface area contributed by atoms with E-state index in [-0.39, 0.29) is 11.4 Å². The average molecular weight is 462 g/mol. The van der Waals surface area contributed by atoms with Crippen LogP contribution in [0.3, 0.4) is 0 Å². The number of phenols is 1. The second kappa shape index (κ2) is 13.3. The van der Waals surface area contributed by atoms with Gasteiger partial charge in [-0.25, -0.2) is 0 Å². The number of rotatable bonds is 14. The predicted molar refractivity (Wildman–Crippen MR) is 141 cm³/mol. The highest BCUT2D eigenvalue weighted by Gasteiger charge is 2.14. The second-order valence-corrected chi connectivity index (χ2v) is 8.73. The molecule has 0 bridgehead atoms. The molecule has 0 fully saturated rings. The second-order valence-electron chi connectivity index (χ2n) is 8.73. The molecule has 0 saturated carbocycles. The maximum atomic E-state index is 10.9. The van der Waals surface area contributed by atoms with Crippen LogP contribution in [0.1, 0.15) is 76.7 Å². The summed E-state index contributed by atoms with van der Waals surface area (Å²) in [5, 5.41) is 28.3. The molecule has 0 aromatic heterocycles. The van der Waals surface area contributed by atoms with Gasteiger partial charge < -0.3 is 5.11 Å². The number of nitrogens with one attached hydrogen (secondary N) is 1. The Morgan fingerprint density at radius 1 is 0.882 bits per heavy atom. The SMILES string of the molecule is CCCCCCCCCCC/C(=N/Nc1ccc([N+](=O)[O-])cc1)c1c(O)ccc2ccccc12. The molecule has 0 aliphatic carbocycles. The monoisotopic (exact) mass is 461 g/mol. The smallest absolute Gasteiger partial charge is 0.269 e. The summed E-state index contributed by atoms with van der Waals surface area (Å²) in [5.41, 5.74) is 5.27. The maximum absolute atomic E-state index is 10.9. The summed E-state index contributed by atoms with van der Waals surface area (Å²) in [7, 11) is 0. The first-order chi connectivity index (χ1) is 16.6. The summed E-state index contributed by atoms with van der Waals surface area (Å²) >= 11 is 0. The molecule has 3 rings (SSSR count). The number of fused-ring (bicyclic) bond motifs is 1. The molecule has 0 radical (unpaired) electrons. The minimum atomic E-state index is -0.420. The molecule has 0 spiro atoms. The van der Waals surface area contributed by atoms with Gasteiger partial charge in [-0.2, -0.15) is 5.10 Å².